The summed E-state index contributed by atoms with van der Waals surface area (Å²) in [6.45, 7) is 0. The van der Waals surface area contributed by atoms with E-state index in [2.05, 4.69) is 20.3 Å². The molecule has 0 fully saturated rings. The van der Waals surface area contributed by atoms with E-state index in [-0.39, 0.29) is 5.11 Å². The summed E-state index contributed by atoms with van der Waals surface area (Å²) < 4.78 is 0. The minimum atomic E-state index is 0.269. The predicted octanol–water partition coefficient (Wildman–Crippen LogP) is 1.58. The van der Waals surface area contributed by atoms with Crippen molar-refractivity contribution in [2.45, 2.75) is 0 Å². The second kappa shape index (κ2) is 6.16. The fourth-order valence-electron chi connectivity index (χ4n) is 1.64. The highest BCUT2D eigenvalue weighted by Crippen LogP contribution is 2.20. The largest absolute Gasteiger partial charge is 0.383 e. The van der Waals surface area contributed by atoms with Crippen LogP contribution in [-0.4, -0.2) is 35.0 Å². The lowest BCUT2D eigenvalue weighted by Gasteiger charge is -2.16. The second-order valence-electron chi connectivity index (χ2n) is 4.29. The summed E-state index contributed by atoms with van der Waals surface area (Å²) in [7, 11) is 3.87. The van der Waals surface area contributed by atoms with Gasteiger partial charge in [0.2, 0.25) is 0 Å². The van der Waals surface area contributed by atoms with E-state index < -0.39 is 0 Å². The quantitative estimate of drug-likeness (QED) is 0.454. The minimum Gasteiger partial charge on any atom is -0.383 e. The zero-order valence-electron chi connectivity index (χ0n) is 11.3. The number of aromatic nitrogens is 2. The zero-order valence-corrected chi connectivity index (χ0v) is 12.1. The first-order chi connectivity index (χ1) is 9.58. The van der Waals surface area contributed by atoms with Crippen LogP contribution in [0, 0.1) is 0 Å². The van der Waals surface area contributed by atoms with E-state index in [1.54, 1.807) is 18.6 Å². The van der Waals surface area contributed by atoms with E-state index in [9.17, 15) is 0 Å². The number of aromatic amines is 1. The molecule has 2 aromatic heterocycles. The molecule has 0 radical (unpaired) electrons. The molecule has 0 aliphatic carbocycles. The van der Waals surface area contributed by atoms with Crippen molar-refractivity contribution in [3.63, 3.8) is 0 Å². The van der Waals surface area contributed by atoms with Crippen molar-refractivity contribution in [2.75, 3.05) is 24.3 Å². The number of anilines is 2. The molecular weight excluding hydrogens is 272 g/mol. The normalized spacial score (nSPS) is 11.2. The van der Waals surface area contributed by atoms with Crippen LogP contribution in [0.5, 0.6) is 0 Å². The molecule has 2 heterocycles. The van der Waals surface area contributed by atoms with Crippen molar-refractivity contribution in [3.8, 4) is 0 Å². The Morgan fingerprint density at radius 3 is 2.90 bits per heavy atom. The predicted molar refractivity (Wildman–Crippen MR) is 86.3 cm³/mol. The molecule has 0 saturated heterocycles. The Labute approximate surface area is 122 Å². The number of thiocarbonyl (C=S) groups is 1. The van der Waals surface area contributed by atoms with Gasteiger partial charge in [-0.3, -0.25) is 0 Å². The number of nitrogens with one attached hydrogen (secondary N) is 2. The number of hydrogen-bond acceptors (Lipinski definition) is 3. The Bertz CT molecular complexity index is 618. The van der Waals surface area contributed by atoms with E-state index in [0.717, 1.165) is 11.3 Å². The molecule has 0 saturated carbocycles. The third-order valence-corrected chi connectivity index (χ3v) is 2.80. The monoisotopic (exact) mass is 288 g/mol. The summed E-state index contributed by atoms with van der Waals surface area (Å²) in [6.07, 6.45) is 5.22. The van der Waals surface area contributed by atoms with Crippen molar-refractivity contribution in [3.05, 3.63) is 42.4 Å². The molecule has 7 heteroatoms. The van der Waals surface area contributed by atoms with Gasteiger partial charge >= 0.3 is 0 Å². The number of amidine groups is 1. The van der Waals surface area contributed by atoms with Crippen LogP contribution in [0.25, 0.3) is 0 Å². The Morgan fingerprint density at radius 2 is 2.25 bits per heavy atom. The molecule has 2 rings (SSSR count). The van der Waals surface area contributed by atoms with Gasteiger partial charge in [-0.1, -0.05) is 0 Å². The fourth-order valence-corrected chi connectivity index (χ4v) is 1.84. The molecule has 0 aliphatic rings. The van der Waals surface area contributed by atoms with Gasteiger partial charge in [0.05, 0.1) is 5.69 Å². The zero-order chi connectivity index (χ0) is 14.5. The highest BCUT2D eigenvalue weighted by molar-refractivity contribution is 7.80. The van der Waals surface area contributed by atoms with Crippen molar-refractivity contribution in [1.29, 1.82) is 0 Å². The van der Waals surface area contributed by atoms with Crippen molar-refractivity contribution in [1.82, 2.24) is 9.97 Å². The van der Waals surface area contributed by atoms with Gasteiger partial charge in [0.1, 0.15) is 5.84 Å². The number of H-pyrrole nitrogens is 1. The molecule has 0 aliphatic heterocycles. The van der Waals surface area contributed by atoms with Gasteiger partial charge in [0.25, 0.3) is 0 Å². The van der Waals surface area contributed by atoms with E-state index in [0.29, 0.717) is 11.7 Å². The Balaban J connectivity index is 2.15. The van der Waals surface area contributed by atoms with Crippen LogP contribution in [0.4, 0.5) is 11.5 Å². The van der Waals surface area contributed by atoms with E-state index in [4.69, 9.17) is 18.0 Å². The molecule has 20 heavy (non-hydrogen) atoms. The molecule has 0 amide bonds. The SMILES string of the molecule is CN(C)c1cccnc1NC(=S)N=C(N)c1cc[nH]c1. The van der Waals surface area contributed by atoms with Gasteiger partial charge < -0.3 is 20.9 Å². The molecule has 0 bridgehead atoms. The Kier molecular flexibility index (Phi) is 4.31. The fraction of sp³-hybridized carbons (Fsp3) is 0.154. The molecule has 4 N–H and O–H groups in total. The van der Waals surface area contributed by atoms with Gasteiger partial charge in [0, 0.05) is 38.2 Å². The van der Waals surface area contributed by atoms with E-state index >= 15 is 0 Å². The second-order valence-corrected chi connectivity index (χ2v) is 4.68. The maximum atomic E-state index is 5.86. The van der Waals surface area contributed by atoms with Gasteiger partial charge in [-0.05, 0) is 30.4 Å². The van der Waals surface area contributed by atoms with Crippen molar-refractivity contribution < 1.29 is 0 Å². The van der Waals surface area contributed by atoms with Crippen LogP contribution in [0.2, 0.25) is 0 Å². The molecular formula is C13H16N6S. The van der Waals surface area contributed by atoms with Gasteiger partial charge in [-0.2, -0.15) is 0 Å². The standard InChI is InChI=1S/C13H16N6S/c1-19(2)10-4-3-6-16-12(10)18-13(20)17-11(14)9-5-7-15-8-9/h3-8,15H,1-2H3,(H3,14,16,17,18,20). The molecule has 2 aromatic rings. The lowest BCUT2D eigenvalue weighted by molar-refractivity contribution is 1.11. The summed E-state index contributed by atoms with van der Waals surface area (Å²) in [6, 6.07) is 5.63. The lowest BCUT2D eigenvalue weighted by Crippen LogP contribution is -2.19. The van der Waals surface area contributed by atoms with E-state index in [1.807, 2.05) is 37.2 Å². The van der Waals surface area contributed by atoms with Crippen LogP contribution < -0.4 is 16.0 Å². The Morgan fingerprint density at radius 1 is 1.45 bits per heavy atom. The van der Waals surface area contributed by atoms with Crippen molar-refractivity contribution >= 4 is 34.7 Å². The van der Waals surface area contributed by atoms with Gasteiger partial charge in [-0.15, -0.1) is 0 Å². The minimum absolute atomic E-state index is 0.269. The number of nitrogens with zero attached hydrogens (tertiary/aromatic N) is 3. The van der Waals surface area contributed by atoms with Crippen LogP contribution in [-0.2, 0) is 0 Å². The molecule has 0 aromatic carbocycles. The van der Waals surface area contributed by atoms with Crippen LogP contribution in [0.1, 0.15) is 5.56 Å². The third kappa shape index (κ3) is 3.33. The van der Waals surface area contributed by atoms with Crippen LogP contribution in [0.15, 0.2) is 41.8 Å². The Hall–Kier alpha value is -2.41. The number of nitrogens with two attached hydrogens (primary N) is 1. The highest BCUT2D eigenvalue weighted by Gasteiger charge is 2.07. The molecule has 0 spiro atoms. The van der Waals surface area contributed by atoms with Crippen LogP contribution >= 0.6 is 12.2 Å². The summed E-state index contributed by atoms with van der Waals surface area (Å²) in [5.41, 5.74) is 7.58. The molecule has 6 nitrogen and oxygen atoms in total. The van der Waals surface area contributed by atoms with Gasteiger partial charge in [-0.25, -0.2) is 9.98 Å². The topological polar surface area (TPSA) is 82.3 Å². The maximum Gasteiger partial charge on any atom is 0.200 e. The molecule has 0 atom stereocenters. The first-order valence-electron chi connectivity index (χ1n) is 5.98. The average Bonchev–Trinajstić information content (AvgIpc) is 2.92. The summed E-state index contributed by atoms with van der Waals surface area (Å²) >= 11 is 5.19. The molecule has 0 unspecified atom stereocenters. The first-order valence-corrected chi connectivity index (χ1v) is 6.39. The third-order valence-electron chi connectivity index (χ3n) is 2.61. The summed E-state index contributed by atoms with van der Waals surface area (Å²) in [5.74, 6) is 0.999. The summed E-state index contributed by atoms with van der Waals surface area (Å²) in [5, 5.41) is 3.25. The highest BCUT2D eigenvalue weighted by atomic mass is 32.1. The summed E-state index contributed by atoms with van der Waals surface area (Å²) in [4.78, 5) is 13.3. The van der Waals surface area contributed by atoms with Gasteiger partial charge in [0.15, 0.2) is 10.9 Å². The lowest BCUT2D eigenvalue weighted by atomic mass is 10.3. The smallest absolute Gasteiger partial charge is 0.200 e. The number of hydrogen-bond donors (Lipinski definition) is 3. The maximum absolute atomic E-state index is 5.86. The average molecular weight is 288 g/mol. The van der Waals surface area contributed by atoms with Crippen LogP contribution in [0.3, 0.4) is 0 Å². The first kappa shape index (κ1) is 14.0. The van der Waals surface area contributed by atoms with Crippen molar-refractivity contribution in [2.24, 2.45) is 10.7 Å². The van der Waals surface area contributed by atoms with E-state index in [1.165, 1.54) is 0 Å². The number of rotatable bonds is 3. The molecule has 104 valence electrons. The number of aliphatic imine (C=N–C) groups is 1. The number of pyridine rings is 1.